The number of carbonyl (C=O) groups is 2. The zero-order chi connectivity index (χ0) is 24.0. The van der Waals surface area contributed by atoms with Gasteiger partial charge in [0.05, 0.1) is 27.5 Å². The minimum atomic E-state index is -0.655. The van der Waals surface area contributed by atoms with Gasteiger partial charge in [0, 0.05) is 23.3 Å². The summed E-state index contributed by atoms with van der Waals surface area (Å²) in [6, 6.07) is 21.4. The Kier molecular flexibility index (Phi) is 5.75. The number of halogens is 2. The molecular formula is C28H24Cl2N2O2. The Labute approximate surface area is 209 Å². The van der Waals surface area contributed by atoms with E-state index in [2.05, 4.69) is 19.2 Å². The zero-order valence-electron chi connectivity index (χ0n) is 18.9. The standard InChI is InChI=1S/C28H24Cl2N2O2/c1-28(2)15-22-25(24(33)16-28)26(18-12-13-19(29)20(30)14-18)32(23-11-7-6-10-21(23)31-22)27(34)17-8-4-3-5-9-17/h3-14,26,31H,15-16H2,1-2H3/t26-/m1/s1. The first-order chi connectivity index (χ1) is 16.2. The maximum Gasteiger partial charge on any atom is 0.259 e. The maximum absolute atomic E-state index is 14.1. The molecule has 0 aromatic heterocycles. The van der Waals surface area contributed by atoms with E-state index in [9.17, 15) is 9.59 Å². The van der Waals surface area contributed by atoms with E-state index in [0.29, 0.717) is 39.7 Å². The lowest BCUT2D eigenvalue weighted by Gasteiger charge is -2.37. The van der Waals surface area contributed by atoms with Crippen molar-refractivity contribution in [1.29, 1.82) is 0 Å². The van der Waals surface area contributed by atoms with Crippen molar-refractivity contribution in [3.63, 3.8) is 0 Å². The average molecular weight is 491 g/mol. The van der Waals surface area contributed by atoms with Crippen molar-refractivity contribution in [3.05, 3.63) is 105 Å². The largest absolute Gasteiger partial charge is 0.357 e. The van der Waals surface area contributed by atoms with Gasteiger partial charge in [-0.25, -0.2) is 0 Å². The molecule has 0 unspecified atom stereocenters. The van der Waals surface area contributed by atoms with Crippen molar-refractivity contribution in [2.45, 2.75) is 32.7 Å². The molecular weight excluding hydrogens is 467 g/mol. The minimum absolute atomic E-state index is 0.0218. The summed E-state index contributed by atoms with van der Waals surface area (Å²) in [5.41, 5.74) is 4.00. The number of ketones is 1. The van der Waals surface area contributed by atoms with Crippen molar-refractivity contribution >= 4 is 46.3 Å². The lowest BCUT2D eigenvalue weighted by atomic mass is 9.73. The summed E-state index contributed by atoms with van der Waals surface area (Å²) >= 11 is 12.7. The van der Waals surface area contributed by atoms with Crippen LogP contribution in [0.1, 0.15) is 48.7 Å². The van der Waals surface area contributed by atoms with Gasteiger partial charge in [0.25, 0.3) is 5.91 Å². The number of hydrogen-bond donors (Lipinski definition) is 1. The summed E-state index contributed by atoms with van der Waals surface area (Å²) in [6.07, 6.45) is 1.09. The number of Topliss-reactive ketones (excluding diaryl/α,β-unsaturated/α-hetero) is 1. The van der Waals surface area contributed by atoms with E-state index in [-0.39, 0.29) is 17.1 Å². The molecule has 3 aromatic carbocycles. The smallest absolute Gasteiger partial charge is 0.259 e. The van der Waals surface area contributed by atoms with Gasteiger partial charge in [0.15, 0.2) is 5.78 Å². The monoisotopic (exact) mass is 490 g/mol. The molecule has 0 radical (unpaired) electrons. The molecule has 6 heteroatoms. The van der Waals surface area contributed by atoms with Gasteiger partial charge in [0.2, 0.25) is 0 Å². The number of hydrogen-bond acceptors (Lipinski definition) is 3. The van der Waals surface area contributed by atoms with Crippen LogP contribution in [0.2, 0.25) is 10.0 Å². The number of anilines is 2. The number of nitrogens with one attached hydrogen (secondary N) is 1. The molecule has 1 N–H and O–H groups in total. The van der Waals surface area contributed by atoms with Crippen LogP contribution in [-0.4, -0.2) is 11.7 Å². The number of para-hydroxylation sites is 2. The number of allylic oxidation sites excluding steroid dienone is 1. The van der Waals surface area contributed by atoms with E-state index in [1.54, 1.807) is 29.2 Å². The van der Waals surface area contributed by atoms with E-state index in [0.717, 1.165) is 16.9 Å². The molecule has 0 saturated heterocycles. The van der Waals surface area contributed by atoms with Gasteiger partial charge in [-0.1, -0.05) is 73.4 Å². The van der Waals surface area contributed by atoms with Crippen LogP contribution in [0.5, 0.6) is 0 Å². The molecule has 0 saturated carbocycles. The van der Waals surface area contributed by atoms with E-state index in [1.807, 2.05) is 48.5 Å². The van der Waals surface area contributed by atoms with Crippen LogP contribution in [0.4, 0.5) is 11.4 Å². The molecule has 0 spiro atoms. The Morgan fingerprint density at radius 1 is 0.941 bits per heavy atom. The molecule has 0 bridgehead atoms. The van der Waals surface area contributed by atoms with Crippen molar-refractivity contribution in [2.75, 3.05) is 10.2 Å². The Morgan fingerprint density at radius 3 is 2.38 bits per heavy atom. The summed E-state index contributed by atoms with van der Waals surface area (Å²) in [7, 11) is 0. The highest BCUT2D eigenvalue weighted by Crippen LogP contribution is 2.49. The molecule has 5 rings (SSSR count). The molecule has 1 heterocycles. The second-order valence-corrected chi connectivity index (χ2v) is 10.4. The molecule has 4 nitrogen and oxygen atoms in total. The van der Waals surface area contributed by atoms with Crippen molar-refractivity contribution in [1.82, 2.24) is 0 Å². The first-order valence-electron chi connectivity index (χ1n) is 11.2. The van der Waals surface area contributed by atoms with Crippen molar-refractivity contribution < 1.29 is 9.59 Å². The number of amides is 1. The number of nitrogens with zero attached hydrogens (tertiary/aromatic N) is 1. The summed E-state index contributed by atoms with van der Waals surface area (Å²) in [6.45, 7) is 4.18. The SMILES string of the molecule is CC1(C)CC(=O)C2=C(C1)Nc1ccccc1N(C(=O)c1ccccc1)[C@@H]2c1ccc(Cl)c(Cl)c1. The topological polar surface area (TPSA) is 49.4 Å². The molecule has 2 aliphatic rings. The van der Waals surface area contributed by atoms with Crippen molar-refractivity contribution in [2.24, 2.45) is 5.41 Å². The molecule has 34 heavy (non-hydrogen) atoms. The molecule has 1 atom stereocenters. The third kappa shape index (κ3) is 4.02. The number of benzene rings is 3. The van der Waals surface area contributed by atoms with Crippen LogP contribution in [-0.2, 0) is 4.79 Å². The van der Waals surface area contributed by atoms with E-state index < -0.39 is 6.04 Å². The van der Waals surface area contributed by atoms with E-state index >= 15 is 0 Å². The zero-order valence-corrected chi connectivity index (χ0v) is 20.5. The average Bonchev–Trinajstić information content (AvgIpc) is 2.94. The molecule has 1 aliphatic heterocycles. The highest BCUT2D eigenvalue weighted by molar-refractivity contribution is 6.42. The van der Waals surface area contributed by atoms with Gasteiger partial charge >= 0.3 is 0 Å². The molecule has 0 fully saturated rings. The van der Waals surface area contributed by atoms with Gasteiger partial charge in [0.1, 0.15) is 0 Å². The maximum atomic E-state index is 14.1. The molecule has 1 aliphatic carbocycles. The minimum Gasteiger partial charge on any atom is -0.357 e. The van der Waals surface area contributed by atoms with Crippen LogP contribution < -0.4 is 10.2 Å². The van der Waals surface area contributed by atoms with Crippen molar-refractivity contribution in [3.8, 4) is 0 Å². The van der Waals surface area contributed by atoms with E-state index in [4.69, 9.17) is 23.2 Å². The normalized spacial score (nSPS) is 19.1. The summed E-state index contributed by atoms with van der Waals surface area (Å²) in [5, 5.41) is 4.31. The second-order valence-electron chi connectivity index (χ2n) is 9.59. The fourth-order valence-corrected chi connectivity index (χ4v) is 5.23. The van der Waals surface area contributed by atoms with Gasteiger partial charge < -0.3 is 5.32 Å². The van der Waals surface area contributed by atoms with Gasteiger partial charge in [-0.2, -0.15) is 0 Å². The Bertz CT molecular complexity index is 1330. The number of carbonyl (C=O) groups excluding carboxylic acids is 2. The Balaban J connectivity index is 1.81. The molecule has 172 valence electrons. The van der Waals surface area contributed by atoms with Crippen LogP contribution >= 0.6 is 23.2 Å². The summed E-state index contributed by atoms with van der Waals surface area (Å²) in [4.78, 5) is 29.5. The quantitative estimate of drug-likeness (QED) is 0.405. The summed E-state index contributed by atoms with van der Waals surface area (Å²) < 4.78 is 0. The predicted molar refractivity (Wildman–Crippen MR) is 138 cm³/mol. The van der Waals surface area contributed by atoms with Gasteiger partial charge in [-0.05, 0) is 53.8 Å². The highest BCUT2D eigenvalue weighted by atomic mass is 35.5. The fourth-order valence-electron chi connectivity index (χ4n) is 4.93. The van der Waals surface area contributed by atoms with Crippen LogP contribution in [0.15, 0.2) is 84.1 Å². The third-order valence-electron chi connectivity index (χ3n) is 6.40. The summed E-state index contributed by atoms with van der Waals surface area (Å²) in [5.74, 6) is -0.175. The van der Waals surface area contributed by atoms with Crippen LogP contribution in [0, 0.1) is 5.41 Å². The third-order valence-corrected chi connectivity index (χ3v) is 7.14. The van der Waals surface area contributed by atoms with Crippen LogP contribution in [0.25, 0.3) is 0 Å². The Morgan fingerprint density at radius 2 is 1.65 bits per heavy atom. The first-order valence-corrected chi connectivity index (χ1v) is 12.0. The Hall–Kier alpha value is -3.08. The van der Waals surface area contributed by atoms with E-state index in [1.165, 1.54) is 0 Å². The lowest BCUT2D eigenvalue weighted by Crippen LogP contribution is -2.39. The molecule has 3 aromatic rings. The number of rotatable bonds is 2. The predicted octanol–water partition coefficient (Wildman–Crippen LogP) is 7.45. The van der Waals surface area contributed by atoms with Gasteiger partial charge in [-0.15, -0.1) is 0 Å². The first kappa shape index (κ1) is 22.7. The highest BCUT2D eigenvalue weighted by Gasteiger charge is 2.43. The van der Waals surface area contributed by atoms with Crippen LogP contribution in [0.3, 0.4) is 0 Å². The lowest BCUT2D eigenvalue weighted by molar-refractivity contribution is -0.118. The second kappa shape index (κ2) is 8.61. The molecule has 1 amide bonds. The fraction of sp³-hybridized carbons (Fsp3) is 0.214. The number of fused-ring (bicyclic) bond motifs is 1. The van der Waals surface area contributed by atoms with Gasteiger partial charge in [-0.3, -0.25) is 14.5 Å².